The molecule has 4 nitrogen and oxygen atoms in total. The van der Waals surface area contributed by atoms with Crippen LogP contribution in [0.3, 0.4) is 0 Å². The van der Waals surface area contributed by atoms with Crippen LogP contribution in [0.4, 0.5) is 0 Å². The summed E-state index contributed by atoms with van der Waals surface area (Å²) < 4.78 is 0. The third-order valence-electron chi connectivity index (χ3n) is 3.34. The average Bonchev–Trinajstić information content (AvgIpc) is 2.22. The zero-order valence-electron chi connectivity index (χ0n) is 10.6. The van der Waals surface area contributed by atoms with Crippen LogP contribution in [0.5, 0.6) is 0 Å². The maximum Gasteiger partial charge on any atom is 0.232 e. The Hall–Kier alpha value is -0.680. The fraction of sp³-hybridized carbons (Fsp3) is 0.833. The molecule has 0 aromatic rings. The van der Waals surface area contributed by atoms with E-state index in [0.717, 1.165) is 19.3 Å². The maximum absolute atomic E-state index is 12.1. The molecular weight excluding hydrogens is 236 g/mol. The molecule has 1 amide bonds. The number of rotatable bonds is 6. The summed E-state index contributed by atoms with van der Waals surface area (Å²) in [6.45, 7) is 2.71. The van der Waals surface area contributed by atoms with Gasteiger partial charge in [0, 0.05) is 13.6 Å². The number of amides is 1. The highest BCUT2D eigenvalue weighted by Crippen LogP contribution is 2.28. The molecule has 5 heteroatoms. The number of thiocarbonyl (C=S) groups is 1. The van der Waals surface area contributed by atoms with E-state index < -0.39 is 0 Å². The molecule has 98 valence electrons. The van der Waals surface area contributed by atoms with Crippen LogP contribution in [0.2, 0.25) is 0 Å². The van der Waals surface area contributed by atoms with Crippen molar-refractivity contribution in [3.63, 3.8) is 0 Å². The highest BCUT2D eigenvalue weighted by molar-refractivity contribution is 7.80. The fourth-order valence-corrected chi connectivity index (χ4v) is 2.49. The molecule has 0 saturated heterocycles. The van der Waals surface area contributed by atoms with E-state index in [4.69, 9.17) is 18.0 Å². The van der Waals surface area contributed by atoms with Crippen molar-refractivity contribution >= 4 is 23.1 Å². The lowest BCUT2D eigenvalue weighted by atomic mass is 9.82. The number of aliphatic hydroxyl groups excluding tert-OH is 1. The summed E-state index contributed by atoms with van der Waals surface area (Å²) >= 11 is 4.94. The van der Waals surface area contributed by atoms with Gasteiger partial charge in [-0.05, 0) is 25.2 Å². The quantitative estimate of drug-likeness (QED) is 0.695. The van der Waals surface area contributed by atoms with Crippen LogP contribution in [0.1, 0.15) is 32.6 Å². The minimum atomic E-state index is -0.329. The molecule has 1 saturated carbocycles. The largest absolute Gasteiger partial charge is 0.393 e. The van der Waals surface area contributed by atoms with Crippen molar-refractivity contribution in [3.8, 4) is 0 Å². The molecule has 3 N–H and O–H groups in total. The zero-order valence-corrected chi connectivity index (χ0v) is 11.4. The summed E-state index contributed by atoms with van der Waals surface area (Å²) in [5.74, 6) is 0.110. The van der Waals surface area contributed by atoms with Gasteiger partial charge in [0.05, 0.1) is 17.0 Å². The van der Waals surface area contributed by atoms with Crippen LogP contribution in [-0.4, -0.2) is 40.6 Å². The number of nitrogens with zero attached hydrogens (tertiary/aromatic N) is 1. The van der Waals surface area contributed by atoms with Crippen LogP contribution in [0, 0.1) is 11.8 Å². The Bertz CT molecular complexity index is 290. The summed E-state index contributed by atoms with van der Waals surface area (Å²) in [5.41, 5.74) is 5.60. The summed E-state index contributed by atoms with van der Waals surface area (Å²) in [5, 5.41) is 9.21. The van der Waals surface area contributed by atoms with Crippen molar-refractivity contribution in [2.75, 3.05) is 13.6 Å². The van der Waals surface area contributed by atoms with Gasteiger partial charge in [0.2, 0.25) is 5.91 Å². The molecule has 1 aliphatic rings. The lowest BCUT2D eigenvalue weighted by Gasteiger charge is -2.35. The Morgan fingerprint density at radius 2 is 2.18 bits per heavy atom. The summed E-state index contributed by atoms with van der Waals surface area (Å²) in [4.78, 5) is 14.1. The molecule has 0 aromatic carbocycles. The monoisotopic (exact) mass is 258 g/mol. The minimum Gasteiger partial charge on any atom is -0.393 e. The van der Waals surface area contributed by atoms with Crippen LogP contribution >= 0.6 is 12.2 Å². The van der Waals surface area contributed by atoms with E-state index in [1.165, 1.54) is 0 Å². The van der Waals surface area contributed by atoms with Crippen molar-refractivity contribution in [1.29, 1.82) is 0 Å². The third-order valence-corrected chi connectivity index (χ3v) is 3.62. The van der Waals surface area contributed by atoms with Crippen molar-refractivity contribution in [3.05, 3.63) is 0 Å². The van der Waals surface area contributed by atoms with E-state index in [2.05, 4.69) is 0 Å². The van der Waals surface area contributed by atoms with Crippen molar-refractivity contribution in [1.82, 2.24) is 4.90 Å². The van der Waals surface area contributed by atoms with Gasteiger partial charge in [-0.1, -0.05) is 25.6 Å². The number of hydrogen-bond acceptors (Lipinski definition) is 3. The Labute approximate surface area is 108 Å². The molecule has 1 unspecified atom stereocenters. The van der Waals surface area contributed by atoms with Crippen molar-refractivity contribution in [2.24, 2.45) is 17.6 Å². The fourth-order valence-electron chi connectivity index (χ4n) is 2.27. The second-order valence-corrected chi connectivity index (χ2v) is 5.43. The molecule has 0 bridgehead atoms. The first-order valence-electron chi connectivity index (χ1n) is 6.18. The average molecular weight is 258 g/mol. The second kappa shape index (κ2) is 6.31. The Morgan fingerprint density at radius 1 is 1.59 bits per heavy atom. The molecule has 1 fully saturated rings. The van der Waals surface area contributed by atoms with Gasteiger partial charge in [-0.3, -0.25) is 4.79 Å². The van der Waals surface area contributed by atoms with E-state index in [-0.39, 0.29) is 22.9 Å². The van der Waals surface area contributed by atoms with E-state index >= 15 is 0 Å². The van der Waals surface area contributed by atoms with Gasteiger partial charge >= 0.3 is 0 Å². The molecule has 0 heterocycles. The lowest BCUT2D eigenvalue weighted by molar-refractivity contribution is -0.133. The summed E-state index contributed by atoms with van der Waals surface area (Å²) in [6, 6.07) is 0. The van der Waals surface area contributed by atoms with Crippen LogP contribution in [-0.2, 0) is 4.79 Å². The summed E-state index contributed by atoms with van der Waals surface area (Å²) in [6.07, 6.45) is 3.02. The molecule has 17 heavy (non-hydrogen) atoms. The van der Waals surface area contributed by atoms with Gasteiger partial charge in [-0.15, -0.1) is 0 Å². The second-order valence-electron chi connectivity index (χ2n) is 4.95. The first-order valence-corrected chi connectivity index (χ1v) is 6.58. The molecule has 0 radical (unpaired) electrons. The van der Waals surface area contributed by atoms with Crippen LogP contribution < -0.4 is 5.73 Å². The molecule has 1 rings (SSSR count). The van der Waals surface area contributed by atoms with Gasteiger partial charge in [0.1, 0.15) is 0 Å². The normalized spacial score (nSPS) is 24.9. The lowest BCUT2D eigenvalue weighted by Crippen LogP contribution is -2.44. The first kappa shape index (κ1) is 14.4. The van der Waals surface area contributed by atoms with Gasteiger partial charge in [-0.2, -0.15) is 0 Å². The van der Waals surface area contributed by atoms with Crippen molar-refractivity contribution < 1.29 is 9.90 Å². The zero-order chi connectivity index (χ0) is 13.0. The molecule has 0 aromatic heterocycles. The number of aliphatic hydroxyl groups is 1. The van der Waals surface area contributed by atoms with Gasteiger partial charge in [-0.25, -0.2) is 0 Å². The number of carbonyl (C=O) groups is 1. The predicted molar refractivity (Wildman–Crippen MR) is 71.6 cm³/mol. The highest BCUT2D eigenvalue weighted by atomic mass is 32.1. The van der Waals surface area contributed by atoms with Gasteiger partial charge in [0.15, 0.2) is 0 Å². The smallest absolute Gasteiger partial charge is 0.232 e. The van der Waals surface area contributed by atoms with Crippen molar-refractivity contribution in [2.45, 2.75) is 38.7 Å². The van der Waals surface area contributed by atoms with Crippen LogP contribution in [0.15, 0.2) is 0 Å². The minimum absolute atomic E-state index is 0.0146. The summed E-state index contributed by atoms with van der Waals surface area (Å²) in [7, 11) is 1.79. The topological polar surface area (TPSA) is 66.6 Å². The third kappa shape index (κ3) is 3.92. The Morgan fingerprint density at radius 3 is 2.59 bits per heavy atom. The molecule has 1 atom stereocenters. The Kier molecular flexibility index (Phi) is 5.33. The molecule has 0 spiro atoms. The maximum atomic E-state index is 12.1. The number of nitrogens with two attached hydrogens (primary N) is 1. The highest BCUT2D eigenvalue weighted by Gasteiger charge is 2.31. The Balaban J connectivity index is 2.45. The van der Waals surface area contributed by atoms with E-state index in [1.807, 2.05) is 6.92 Å². The van der Waals surface area contributed by atoms with E-state index in [0.29, 0.717) is 18.9 Å². The molecule has 0 aliphatic heterocycles. The van der Waals surface area contributed by atoms with E-state index in [9.17, 15) is 9.90 Å². The molecule has 1 aliphatic carbocycles. The molecular formula is C12H22N2O2S. The SMILES string of the molecule is CCCC(C(=O)N(C)CC1CC(O)C1)C(N)=S. The number of hydrogen-bond donors (Lipinski definition) is 2. The standard InChI is InChI=1S/C12H22N2O2S/c1-3-4-10(11(13)17)12(16)14(2)7-8-5-9(15)6-8/h8-10,15H,3-7H2,1-2H3,(H2,13,17). The first-order chi connectivity index (χ1) is 7.95. The predicted octanol–water partition coefficient (Wildman–Crippen LogP) is 0.918. The van der Waals surface area contributed by atoms with Gasteiger partial charge < -0.3 is 15.7 Å². The van der Waals surface area contributed by atoms with Crippen LogP contribution in [0.25, 0.3) is 0 Å². The van der Waals surface area contributed by atoms with Gasteiger partial charge in [0.25, 0.3) is 0 Å². The van der Waals surface area contributed by atoms with E-state index in [1.54, 1.807) is 11.9 Å². The number of carbonyl (C=O) groups excluding carboxylic acids is 1.